The molecular formula is C14H23NO2. The van der Waals surface area contributed by atoms with E-state index >= 15 is 0 Å². The van der Waals surface area contributed by atoms with Gasteiger partial charge in [-0.25, -0.2) is 0 Å². The second kappa shape index (κ2) is 7.25. The Morgan fingerprint density at radius 2 is 1.47 bits per heavy atom. The van der Waals surface area contributed by atoms with E-state index in [-0.39, 0.29) is 11.8 Å². The predicted molar refractivity (Wildman–Crippen MR) is 68.5 cm³/mol. The number of amides is 2. The predicted octanol–water partition coefficient (Wildman–Crippen LogP) is 3.10. The normalized spacial score (nSPS) is 15.6. The Labute approximate surface area is 104 Å². The fourth-order valence-corrected chi connectivity index (χ4v) is 2.14. The molecular weight excluding hydrogens is 214 g/mol. The lowest BCUT2D eigenvalue weighted by Crippen LogP contribution is -2.22. The fourth-order valence-electron chi connectivity index (χ4n) is 2.14. The Morgan fingerprint density at radius 3 is 2.00 bits per heavy atom. The van der Waals surface area contributed by atoms with E-state index in [0.717, 1.165) is 19.3 Å². The topological polar surface area (TPSA) is 46.2 Å². The quantitative estimate of drug-likeness (QED) is 0.521. The van der Waals surface area contributed by atoms with Crippen LogP contribution in [0.25, 0.3) is 0 Å². The lowest BCUT2D eigenvalue weighted by molar-refractivity contribution is -0.124. The van der Waals surface area contributed by atoms with Crippen LogP contribution in [0, 0.1) is 0 Å². The van der Waals surface area contributed by atoms with Crippen LogP contribution in [0.15, 0.2) is 11.1 Å². The highest BCUT2D eigenvalue weighted by Gasteiger charge is 2.25. The highest BCUT2D eigenvalue weighted by atomic mass is 16.2. The van der Waals surface area contributed by atoms with Crippen molar-refractivity contribution in [2.75, 3.05) is 0 Å². The number of rotatable bonds is 8. The summed E-state index contributed by atoms with van der Waals surface area (Å²) >= 11 is 0. The molecule has 0 unspecified atom stereocenters. The summed E-state index contributed by atoms with van der Waals surface area (Å²) in [6.45, 7) is 3.95. The average molecular weight is 237 g/mol. The number of nitrogens with one attached hydrogen (secondary N) is 1. The lowest BCUT2D eigenvalue weighted by atomic mass is 10.0. The molecule has 2 amide bonds. The first-order chi connectivity index (χ1) is 8.16. The minimum Gasteiger partial charge on any atom is -0.289 e. The van der Waals surface area contributed by atoms with Crippen LogP contribution < -0.4 is 5.32 Å². The van der Waals surface area contributed by atoms with Crippen molar-refractivity contribution in [1.29, 1.82) is 0 Å². The van der Waals surface area contributed by atoms with Gasteiger partial charge >= 0.3 is 0 Å². The second-order valence-electron chi connectivity index (χ2n) is 4.76. The van der Waals surface area contributed by atoms with Crippen LogP contribution in [-0.4, -0.2) is 11.8 Å². The summed E-state index contributed by atoms with van der Waals surface area (Å²) in [7, 11) is 0. The number of hydrogen-bond donors (Lipinski definition) is 1. The van der Waals surface area contributed by atoms with Gasteiger partial charge < -0.3 is 0 Å². The summed E-state index contributed by atoms with van der Waals surface area (Å²) in [6, 6.07) is 0. The van der Waals surface area contributed by atoms with Gasteiger partial charge in [0.2, 0.25) is 0 Å². The van der Waals surface area contributed by atoms with E-state index < -0.39 is 0 Å². The summed E-state index contributed by atoms with van der Waals surface area (Å²) in [4.78, 5) is 22.6. The smallest absolute Gasteiger partial charge is 0.254 e. The molecule has 0 radical (unpaired) electrons. The summed E-state index contributed by atoms with van der Waals surface area (Å²) in [5.41, 5.74) is 1.31. The molecule has 0 aromatic rings. The third-order valence-corrected chi connectivity index (χ3v) is 3.32. The van der Waals surface area contributed by atoms with Crippen LogP contribution in [0.2, 0.25) is 0 Å². The Balaban J connectivity index is 2.15. The highest BCUT2D eigenvalue weighted by Crippen LogP contribution is 2.19. The van der Waals surface area contributed by atoms with E-state index in [4.69, 9.17) is 0 Å². The van der Waals surface area contributed by atoms with Gasteiger partial charge in [-0.15, -0.1) is 0 Å². The maximum absolute atomic E-state index is 11.4. The monoisotopic (exact) mass is 237 g/mol. The molecule has 0 saturated heterocycles. The number of unbranched alkanes of at least 4 members (excludes halogenated alkanes) is 6. The molecule has 0 aromatic heterocycles. The molecule has 0 saturated carbocycles. The number of carbonyl (C=O) groups excluding carboxylic acids is 2. The molecule has 1 rings (SSSR count). The molecule has 0 aliphatic carbocycles. The molecule has 1 N–H and O–H groups in total. The largest absolute Gasteiger partial charge is 0.289 e. The molecule has 0 aromatic carbocycles. The Kier molecular flexibility index (Phi) is 5.95. The van der Waals surface area contributed by atoms with Crippen LogP contribution in [0.5, 0.6) is 0 Å². The van der Waals surface area contributed by atoms with Crippen LogP contribution in [0.4, 0.5) is 0 Å². The van der Waals surface area contributed by atoms with E-state index in [2.05, 4.69) is 12.2 Å². The summed E-state index contributed by atoms with van der Waals surface area (Å²) in [5.74, 6) is -0.397. The molecule has 1 heterocycles. The maximum atomic E-state index is 11.4. The Hall–Kier alpha value is -1.12. The van der Waals surface area contributed by atoms with Gasteiger partial charge in [0, 0.05) is 11.1 Å². The molecule has 0 fully saturated rings. The molecule has 96 valence electrons. The van der Waals surface area contributed by atoms with Gasteiger partial charge in [-0.3, -0.25) is 14.9 Å². The molecule has 17 heavy (non-hydrogen) atoms. The number of imide groups is 1. The standard InChI is InChI=1S/C14H23NO2/c1-3-4-5-6-7-8-9-10-12-11(2)13(16)15-14(12)17/h3-10H2,1-2H3,(H,15,16,17). The first kappa shape index (κ1) is 13.9. The van der Waals surface area contributed by atoms with Crippen molar-refractivity contribution in [3.63, 3.8) is 0 Å². The van der Waals surface area contributed by atoms with E-state index in [1.165, 1.54) is 32.1 Å². The van der Waals surface area contributed by atoms with Crippen molar-refractivity contribution >= 4 is 11.8 Å². The van der Waals surface area contributed by atoms with Crippen LogP contribution in [-0.2, 0) is 9.59 Å². The SMILES string of the molecule is CCCCCCCCCC1=C(C)C(=O)NC1=O. The van der Waals surface area contributed by atoms with E-state index in [1.54, 1.807) is 6.92 Å². The zero-order valence-electron chi connectivity index (χ0n) is 11.0. The Bertz CT molecular complexity index is 318. The maximum Gasteiger partial charge on any atom is 0.254 e. The minimum absolute atomic E-state index is 0.182. The highest BCUT2D eigenvalue weighted by molar-refractivity contribution is 6.19. The van der Waals surface area contributed by atoms with Gasteiger partial charge in [0.15, 0.2) is 0 Å². The molecule has 0 spiro atoms. The van der Waals surface area contributed by atoms with Crippen molar-refractivity contribution in [3.05, 3.63) is 11.1 Å². The zero-order valence-corrected chi connectivity index (χ0v) is 11.0. The Morgan fingerprint density at radius 1 is 0.882 bits per heavy atom. The fraction of sp³-hybridized carbons (Fsp3) is 0.714. The third kappa shape index (κ3) is 4.33. The van der Waals surface area contributed by atoms with Crippen LogP contribution in [0.3, 0.4) is 0 Å². The number of carbonyl (C=O) groups is 2. The minimum atomic E-state index is -0.215. The van der Waals surface area contributed by atoms with Gasteiger partial charge in [-0.1, -0.05) is 45.4 Å². The third-order valence-electron chi connectivity index (χ3n) is 3.32. The molecule has 0 atom stereocenters. The summed E-state index contributed by atoms with van der Waals surface area (Å²) in [6.07, 6.45) is 9.35. The van der Waals surface area contributed by atoms with Crippen molar-refractivity contribution in [3.8, 4) is 0 Å². The first-order valence-electron chi connectivity index (χ1n) is 6.72. The zero-order chi connectivity index (χ0) is 12.7. The van der Waals surface area contributed by atoms with Gasteiger partial charge in [0.1, 0.15) is 0 Å². The van der Waals surface area contributed by atoms with Crippen LogP contribution >= 0.6 is 0 Å². The van der Waals surface area contributed by atoms with Crippen molar-refractivity contribution in [1.82, 2.24) is 5.32 Å². The molecule has 1 aliphatic heterocycles. The van der Waals surface area contributed by atoms with E-state index in [9.17, 15) is 9.59 Å². The lowest BCUT2D eigenvalue weighted by Gasteiger charge is -2.02. The van der Waals surface area contributed by atoms with Gasteiger partial charge in [0.05, 0.1) is 0 Å². The van der Waals surface area contributed by atoms with E-state index in [1.807, 2.05) is 0 Å². The second-order valence-corrected chi connectivity index (χ2v) is 4.76. The van der Waals surface area contributed by atoms with Gasteiger partial charge in [-0.05, 0) is 19.8 Å². The van der Waals surface area contributed by atoms with Crippen molar-refractivity contribution in [2.45, 2.75) is 65.2 Å². The van der Waals surface area contributed by atoms with Crippen molar-refractivity contribution in [2.24, 2.45) is 0 Å². The van der Waals surface area contributed by atoms with E-state index in [0.29, 0.717) is 11.1 Å². The number of hydrogen-bond acceptors (Lipinski definition) is 2. The molecule has 3 heteroatoms. The van der Waals surface area contributed by atoms with Gasteiger partial charge in [0.25, 0.3) is 11.8 Å². The van der Waals surface area contributed by atoms with Crippen molar-refractivity contribution < 1.29 is 9.59 Å². The van der Waals surface area contributed by atoms with Gasteiger partial charge in [-0.2, -0.15) is 0 Å². The molecule has 3 nitrogen and oxygen atoms in total. The average Bonchev–Trinajstić information content (AvgIpc) is 2.54. The summed E-state index contributed by atoms with van der Waals surface area (Å²) < 4.78 is 0. The summed E-state index contributed by atoms with van der Waals surface area (Å²) in [5, 5.41) is 2.33. The molecule has 1 aliphatic rings. The first-order valence-corrected chi connectivity index (χ1v) is 6.72. The van der Waals surface area contributed by atoms with Crippen LogP contribution in [0.1, 0.15) is 65.2 Å². The molecule has 0 bridgehead atoms.